The summed E-state index contributed by atoms with van der Waals surface area (Å²) in [6, 6.07) is 0. The first kappa shape index (κ1) is 5.96. The highest BCUT2D eigenvalue weighted by molar-refractivity contribution is 5.43. The molecule has 2 aromatic rings. The van der Waals surface area contributed by atoms with Crippen LogP contribution in [0.3, 0.4) is 0 Å². The van der Waals surface area contributed by atoms with Crippen LogP contribution in [-0.4, -0.2) is 15.1 Å². The number of hydrogen-bond acceptors (Lipinski definition) is 4. The number of H-pyrrole nitrogens is 1. The zero-order chi connectivity index (χ0) is 7.52. The monoisotopic (exact) mass is 149 g/mol. The van der Waals surface area contributed by atoms with Gasteiger partial charge >= 0.3 is 0 Å². The molecular weight excluding hydrogens is 144 g/mol. The molecule has 2 rings (SSSR count). The summed E-state index contributed by atoms with van der Waals surface area (Å²) < 4.78 is 4.55. The van der Waals surface area contributed by atoms with E-state index in [1.807, 2.05) is 0 Å². The Bertz CT molecular complexity index is 318. The second kappa shape index (κ2) is 2.45. The van der Waals surface area contributed by atoms with Gasteiger partial charge in [-0.15, -0.1) is 0 Å². The molecule has 2 heterocycles. The molecule has 0 bridgehead atoms. The van der Waals surface area contributed by atoms with Crippen LogP contribution in [0.1, 0.15) is 0 Å². The van der Waals surface area contributed by atoms with E-state index in [2.05, 4.69) is 24.6 Å². The van der Waals surface area contributed by atoms with Crippen molar-refractivity contribution in [3.8, 4) is 11.5 Å². The average molecular weight is 149 g/mol. The molecule has 0 fully saturated rings. The SMILES string of the molecule is c1c[nH+]cc(-c2ncon2)n1. The van der Waals surface area contributed by atoms with E-state index in [9.17, 15) is 0 Å². The van der Waals surface area contributed by atoms with Crippen LogP contribution in [0.5, 0.6) is 0 Å². The summed E-state index contributed by atoms with van der Waals surface area (Å²) in [5, 5.41) is 3.62. The molecule has 0 spiro atoms. The Balaban J connectivity index is 2.46. The summed E-state index contributed by atoms with van der Waals surface area (Å²) in [6.07, 6.45) is 6.31. The van der Waals surface area contributed by atoms with Gasteiger partial charge in [-0.05, 0) is 0 Å². The van der Waals surface area contributed by atoms with Crippen molar-refractivity contribution in [3.63, 3.8) is 0 Å². The van der Waals surface area contributed by atoms with Gasteiger partial charge in [-0.2, -0.15) is 4.98 Å². The lowest BCUT2D eigenvalue weighted by Crippen LogP contribution is -2.01. The molecule has 11 heavy (non-hydrogen) atoms. The van der Waals surface area contributed by atoms with Crippen molar-refractivity contribution in [2.45, 2.75) is 0 Å². The standard InChI is InChI=1S/C6H4N4O/c1-2-8-5(3-7-1)6-9-4-11-10-6/h1-4H/p+1. The predicted octanol–water partition coefficient (Wildman–Crippen LogP) is -0.0543. The summed E-state index contributed by atoms with van der Waals surface area (Å²) >= 11 is 0. The van der Waals surface area contributed by atoms with Crippen molar-refractivity contribution < 1.29 is 9.51 Å². The van der Waals surface area contributed by atoms with Crippen LogP contribution in [0.15, 0.2) is 29.5 Å². The molecule has 1 N–H and O–H groups in total. The molecule has 54 valence electrons. The largest absolute Gasteiger partial charge is 0.342 e. The van der Waals surface area contributed by atoms with Crippen LogP contribution >= 0.6 is 0 Å². The van der Waals surface area contributed by atoms with E-state index in [1.165, 1.54) is 6.39 Å². The molecule has 0 saturated carbocycles. The average Bonchev–Trinajstić information content (AvgIpc) is 2.58. The molecule has 0 atom stereocenters. The molecule has 0 aliphatic heterocycles. The van der Waals surface area contributed by atoms with Gasteiger partial charge in [0.25, 0.3) is 0 Å². The van der Waals surface area contributed by atoms with Crippen LogP contribution in [0.2, 0.25) is 0 Å². The Kier molecular flexibility index (Phi) is 1.33. The third kappa shape index (κ3) is 1.07. The van der Waals surface area contributed by atoms with Crippen molar-refractivity contribution >= 4 is 0 Å². The third-order valence-corrected chi connectivity index (χ3v) is 1.19. The summed E-state index contributed by atoms with van der Waals surface area (Å²) in [4.78, 5) is 10.7. The predicted molar refractivity (Wildman–Crippen MR) is 34.1 cm³/mol. The molecule has 0 aromatic carbocycles. The first-order chi connectivity index (χ1) is 5.47. The van der Waals surface area contributed by atoms with E-state index in [4.69, 9.17) is 0 Å². The van der Waals surface area contributed by atoms with Gasteiger partial charge < -0.3 is 4.52 Å². The van der Waals surface area contributed by atoms with Gasteiger partial charge in [0.15, 0.2) is 18.1 Å². The van der Waals surface area contributed by atoms with Gasteiger partial charge in [0.1, 0.15) is 0 Å². The molecule has 0 aliphatic carbocycles. The Hall–Kier alpha value is -1.78. The van der Waals surface area contributed by atoms with E-state index >= 15 is 0 Å². The molecule has 0 unspecified atom stereocenters. The van der Waals surface area contributed by atoms with Crippen LogP contribution < -0.4 is 4.98 Å². The van der Waals surface area contributed by atoms with E-state index in [1.54, 1.807) is 18.6 Å². The normalized spacial score (nSPS) is 9.82. The first-order valence-corrected chi connectivity index (χ1v) is 3.05. The highest BCUT2D eigenvalue weighted by Gasteiger charge is 2.04. The Morgan fingerprint density at radius 1 is 1.36 bits per heavy atom. The zero-order valence-corrected chi connectivity index (χ0v) is 5.56. The number of nitrogens with one attached hydrogen (secondary N) is 1. The van der Waals surface area contributed by atoms with Crippen LogP contribution in [0.4, 0.5) is 0 Å². The number of nitrogens with zero attached hydrogens (tertiary/aromatic N) is 3. The molecular formula is C6H5N4O+. The smallest absolute Gasteiger partial charge is 0.226 e. The highest BCUT2D eigenvalue weighted by Crippen LogP contribution is 2.05. The Morgan fingerprint density at radius 2 is 2.36 bits per heavy atom. The molecule has 0 amide bonds. The minimum Gasteiger partial charge on any atom is -0.342 e. The minimum absolute atomic E-state index is 0.488. The molecule has 5 nitrogen and oxygen atoms in total. The van der Waals surface area contributed by atoms with Crippen LogP contribution in [0.25, 0.3) is 11.5 Å². The van der Waals surface area contributed by atoms with Crippen LogP contribution in [-0.2, 0) is 0 Å². The Morgan fingerprint density at radius 3 is 3.00 bits per heavy atom. The first-order valence-electron chi connectivity index (χ1n) is 3.05. The molecule has 0 radical (unpaired) electrons. The molecule has 0 saturated heterocycles. The summed E-state index contributed by atoms with van der Waals surface area (Å²) in [6.45, 7) is 0. The zero-order valence-electron chi connectivity index (χ0n) is 5.56. The van der Waals surface area contributed by atoms with Crippen molar-refractivity contribution in [2.75, 3.05) is 0 Å². The third-order valence-electron chi connectivity index (χ3n) is 1.19. The fourth-order valence-electron chi connectivity index (χ4n) is 0.731. The second-order valence-corrected chi connectivity index (χ2v) is 1.90. The lowest BCUT2D eigenvalue weighted by Gasteiger charge is -1.83. The van der Waals surface area contributed by atoms with Crippen LogP contribution in [0, 0.1) is 0 Å². The van der Waals surface area contributed by atoms with E-state index in [0.717, 1.165) is 0 Å². The van der Waals surface area contributed by atoms with E-state index < -0.39 is 0 Å². The van der Waals surface area contributed by atoms with Crippen molar-refractivity contribution in [2.24, 2.45) is 0 Å². The number of aromatic nitrogens is 4. The quantitative estimate of drug-likeness (QED) is 0.570. The maximum atomic E-state index is 4.55. The van der Waals surface area contributed by atoms with Gasteiger partial charge in [0, 0.05) is 0 Å². The minimum atomic E-state index is 0.488. The van der Waals surface area contributed by atoms with E-state index in [0.29, 0.717) is 11.5 Å². The summed E-state index contributed by atoms with van der Waals surface area (Å²) in [7, 11) is 0. The van der Waals surface area contributed by atoms with Gasteiger partial charge in [0.2, 0.25) is 12.2 Å². The maximum absolute atomic E-state index is 4.55. The summed E-state index contributed by atoms with van der Waals surface area (Å²) in [5.74, 6) is 0.488. The fraction of sp³-hybridized carbons (Fsp3) is 0. The number of aromatic amines is 1. The second-order valence-electron chi connectivity index (χ2n) is 1.90. The van der Waals surface area contributed by atoms with Gasteiger partial charge in [0.05, 0.1) is 6.20 Å². The number of rotatable bonds is 1. The maximum Gasteiger partial charge on any atom is 0.226 e. The lowest BCUT2D eigenvalue weighted by atomic mass is 10.4. The number of hydrogen-bond donors (Lipinski definition) is 0. The van der Waals surface area contributed by atoms with Gasteiger partial charge in [-0.25, -0.2) is 9.97 Å². The van der Waals surface area contributed by atoms with E-state index in [-0.39, 0.29) is 0 Å². The fourth-order valence-corrected chi connectivity index (χ4v) is 0.731. The van der Waals surface area contributed by atoms with Crippen molar-refractivity contribution in [3.05, 3.63) is 25.0 Å². The lowest BCUT2D eigenvalue weighted by molar-refractivity contribution is -0.378. The molecule has 2 aromatic heterocycles. The molecule has 5 heteroatoms. The van der Waals surface area contributed by atoms with Crippen molar-refractivity contribution in [1.29, 1.82) is 0 Å². The van der Waals surface area contributed by atoms with Gasteiger partial charge in [-0.3, -0.25) is 0 Å². The topological polar surface area (TPSA) is 66.0 Å². The Labute approximate surface area is 62.1 Å². The summed E-state index contributed by atoms with van der Waals surface area (Å²) in [5.41, 5.74) is 0.668. The molecule has 0 aliphatic rings. The highest BCUT2D eigenvalue weighted by atomic mass is 16.5. The van der Waals surface area contributed by atoms with Gasteiger partial charge in [-0.1, -0.05) is 5.16 Å². The van der Waals surface area contributed by atoms with Crippen molar-refractivity contribution in [1.82, 2.24) is 15.1 Å².